The molecule has 0 aliphatic carbocycles. The Hall–Kier alpha value is -2.66. The van der Waals surface area contributed by atoms with Crippen LogP contribution in [0.25, 0.3) is 0 Å². The number of amides is 2. The van der Waals surface area contributed by atoms with Crippen LogP contribution < -0.4 is 5.32 Å². The molecule has 0 bridgehead atoms. The Morgan fingerprint density at radius 3 is 2.72 bits per heavy atom. The van der Waals surface area contributed by atoms with Gasteiger partial charge in [-0.15, -0.1) is 0 Å². The molecule has 29 heavy (non-hydrogen) atoms. The molecule has 2 aromatic carbocycles. The highest BCUT2D eigenvalue weighted by Gasteiger charge is 2.65. The molecule has 0 radical (unpaired) electrons. The number of nitrogens with one attached hydrogen (secondary N) is 1. The molecule has 2 fully saturated rings. The van der Waals surface area contributed by atoms with Crippen LogP contribution in [0.1, 0.15) is 36.0 Å². The van der Waals surface area contributed by atoms with Gasteiger partial charge in [-0.1, -0.05) is 42.5 Å². The first-order valence-electron chi connectivity index (χ1n) is 10.7. The molecule has 1 spiro atoms. The predicted octanol–water partition coefficient (Wildman–Crippen LogP) is 2.90. The van der Waals surface area contributed by atoms with E-state index in [-0.39, 0.29) is 17.7 Å². The quantitative estimate of drug-likeness (QED) is 0.819. The normalized spacial score (nSPS) is 30.2. The summed E-state index contributed by atoms with van der Waals surface area (Å²) in [5.41, 5.74) is 3.58. The third-order valence-corrected chi connectivity index (χ3v) is 7.51. The van der Waals surface area contributed by atoms with Gasteiger partial charge in [0.05, 0.1) is 5.92 Å². The number of carbonyl (C=O) groups is 2. The van der Waals surface area contributed by atoms with E-state index in [1.54, 1.807) is 0 Å². The number of hydrogen-bond donors (Lipinski definition) is 1. The second-order valence-electron chi connectivity index (χ2n) is 8.82. The van der Waals surface area contributed by atoms with Crippen LogP contribution in [0, 0.1) is 5.92 Å². The molecule has 5 nitrogen and oxygen atoms in total. The second kappa shape index (κ2) is 6.17. The van der Waals surface area contributed by atoms with Gasteiger partial charge >= 0.3 is 0 Å². The summed E-state index contributed by atoms with van der Waals surface area (Å²) in [4.78, 5) is 31.7. The lowest BCUT2D eigenvalue weighted by Crippen LogP contribution is -2.55. The van der Waals surface area contributed by atoms with Crippen molar-refractivity contribution in [1.82, 2.24) is 9.80 Å². The second-order valence-corrected chi connectivity index (χ2v) is 8.82. The highest BCUT2D eigenvalue weighted by atomic mass is 16.2. The van der Waals surface area contributed by atoms with Crippen molar-refractivity contribution in [2.45, 2.75) is 43.8 Å². The van der Waals surface area contributed by atoms with Gasteiger partial charge in [0.2, 0.25) is 11.8 Å². The third kappa shape index (κ3) is 2.25. The van der Waals surface area contributed by atoms with Gasteiger partial charge in [0, 0.05) is 30.4 Å². The Morgan fingerprint density at radius 2 is 1.83 bits per heavy atom. The van der Waals surface area contributed by atoms with Gasteiger partial charge < -0.3 is 10.2 Å². The van der Waals surface area contributed by atoms with Crippen LogP contribution >= 0.6 is 0 Å². The van der Waals surface area contributed by atoms with E-state index in [4.69, 9.17) is 0 Å². The maximum Gasteiger partial charge on any atom is 0.250 e. The summed E-state index contributed by atoms with van der Waals surface area (Å²) in [6.45, 7) is 2.27. The molecule has 148 valence electrons. The van der Waals surface area contributed by atoms with Crippen molar-refractivity contribution in [3.05, 3.63) is 65.2 Å². The number of anilines is 1. The number of hydrogen-bond acceptors (Lipinski definition) is 3. The highest BCUT2D eigenvalue weighted by Crippen LogP contribution is 2.55. The average molecular weight is 387 g/mol. The van der Waals surface area contributed by atoms with Crippen molar-refractivity contribution in [2.24, 2.45) is 5.92 Å². The number of para-hydroxylation sites is 1. The van der Waals surface area contributed by atoms with Crippen molar-refractivity contribution < 1.29 is 9.59 Å². The van der Waals surface area contributed by atoms with Gasteiger partial charge in [-0.2, -0.15) is 0 Å². The summed E-state index contributed by atoms with van der Waals surface area (Å²) in [5.74, 6) is -0.193. The molecule has 6 rings (SSSR count). The first-order chi connectivity index (χ1) is 14.2. The fourth-order valence-electron chi connectivity index (χ4n) is 6.27. The summed E-state index contributed by atoms with van der Waals surface area (Å²) in [6, 6.07) is 16.6. The van der Waals surface area contributed by atoms with Gasteiger partial charge in [0.15, 0.2) is 0 Å². The maximum atomic E-state index is 13.9. The van der Waals surface area contributed by atoms with Crippen LogP contribution in [-0.4, -0.2) is 40.7 Å². The topological polar surface area (TPSA) is 52.7 Å². The van der Waals surface area contributed by atoms with Crippen LogP contribution in [0.3, 0.4) is 0 Å². The van der Waals surface area contributed by atoms with Gasteiger partial charge in [0.25, 0.3) is 0 Å². The Bertz CT molecular complexity index is 1020. The monoisotopic (exact) mass is 387 g/mol. The Kier molecular flexibility index (Phi) is 3.66. The van der Waals surface area contributed by atoms with Crippen LogP contribution in [0.2, 0.25) is 0 Å². The van der Waals surface area contributed by atoms with Crippen molar-refractivity contribution in [3.63, 3.8) is 0 Å². The molecule has 4 heterocycles. The first-order valence-corrected chi connectivity index (χ1v) is 10.7. The van der Waals surface area contributed by atoms with Crippen LogP contribution in [-0.2, 0) is 28.1 Å². The molecule has 1 N–H and O–H groups in total. The molecule has 2 saturated heterocycles. The van der Waals surface area contributed by atoms with E-state index >= 15 is 0 Å². The van der Waals surface area contributed by atoms with E-state index in [0.29, 0.717) is 12.6 Å². The van der Waals surface area contributed by atoms with E-state index in [1.807, 2.05) is 35.2 Å². The van der Waals surface area contributed by atoms with Crippen molar-refractivity contribution in [1.29, 1.82) is 0 Å². The largest absolute Gasteiger partial charge is 0.338 e. The number of rotatable bonds is 1. The van der Waals surface area contributed by atoms with E-state index in [1.165, 1.54) is 11.1 Å². The lowest BCUT2D eigenvalue weighted by atomic mass is 9.77. The molecule has 4 aliphatic heterocycles. The Balaban J connectivity index is 1.41. The first kappa shape index (κ1) is 17.2. The van der Waals surface area contributed by atoms with Crippen molar-refractivity contribution in [3.8, 4) is 0 Å². The van der Waals surface area contributed by atoms with Crippen molar-refractivity contribution in [2.75, 3.05) is 18.4 Å². The van der Waals surface area contributed by atoms with Gasteiger partial charge in [-0.05, 0) is 49.4 Å². The van der Waals surface area contributed by atoms with E-state index in [9.17, 15) is 9.59 Å². The summed E-state index contributed by atoms with van der Waals surface area (Å²) in [7, 11) is 0. The smallest absolute Gasteiger partial charge is 0.250 e. The minimum atomic E-state index is -0.841. The summed E-state index contributed by atoms with van der Waals surface area (Å²) in [5, 5.41) is 3.09. The number of benzene rings is 2. The van der Waals surface area contributed by atoms with Gasteiger partial charge in [-0.3, -0.25) is 14.5 Å². The van der Waals surface area contributed by atoms with E-state index in [2.05, 4.69) is 28.4 Å². The molecule has 4 aliphatic rings. The molecule has 2 aromatic rings. The third-order valence-electron chi connectivity index (χ3n) is 7.51. The lowest BCUT2D eigenvalue weighted by molar-refractivity contribution is -0.145. The van der Waals surface area contributed by atoms with E-state index in [0.717, 1.165) is 50.0 Å². The summed E-state index contributed by atoms with van der Waals surface area (Å²) >= 11 is 0. The van der Waals surface area contributed by atoms with Gasteiger partial charge in [0.1, 0.15) is 5.54 Å². The zero-order valence-electron chi connectivity index (χ0n) is 16.4. The van der Waals surface area contributed by atoms with Crippen LogP contribution in [0.4, 0.5) is 5.69 Å². The minimum absolute atomic E-state index is 0.0149. The Morgan fingerprint density at radius 1 is 1.03 bits per heavy atom. The SMILES string of the molecule is O=C([C@@H]1C[C@H]2CCCN2[C@]12C(=O)Nc1ccccc12)N1CCc2ccccc2C1. The number of carbonyl (C=O) groups excluding carboxylic acids is 2. The lowest BCUT2D eigenvalue weighted by Gasteiger charge is -2.39. The highest BCUT2D eigenvalue weighted by molar-refractivity contribution is 6.09. The Labute approximate surface area is 170 Å². The van der Waals surface area contributed by atoms with Crippen LogP contribution in [0.5, 0.6) is 0 Å². The van der Waals surface area contributed by atoms with Crippen LogP contribution in [0.15, 0.2) is 48.5 Å². The zero-order chi connectivity index (χ0) is 19.6. The molecule has 2 amide bonds. The summed E-state index contributed by atoms with van der Waals surface area (Å²) < 4.78 is 0. The van der Waals surface area contributed by atoms with E-state index < -0.39 is 5.54 Å². The molecular weight excluding hydrogens is 362 g/mol. The van der Waals surface area contributed by atoms with Gasteiger partial charge in [-0.25, -0.2) is 0 Å². The average Bonchev–Trinajstić information content (AvgIpc) is 3.41. The standard InChI is InChI=1S/C24H25N3O2/c28-22(26-13-11-16-6-1-2-7-17(16)15-26)20-14-18-8-5-12-27(18)24(20)19-9-3-4-10-21(19)25-23(24)29/h1-4,6-7,9-10,18,20H,5,8,11-15H2,(H,25,29)/t18-,20+,24+/m1/s1. The minimum Gasteiger partial charge on any atom is -0.338 e. The predicted molar refractivity (Wildman–Crippen MR) is 110 cm³/mol. The summed E-state index contributed by atoms with van der Waals surface area (Å²) in [6.07, 6.45) is 3.83. The maximum absolute atomic E-state index is 13.9. The molecule has 0 unspecified atom stereocenters. The molecule has 5 heteroatoms. The number of fused-ring (bicyclic) bond motifs is 5. The fraction of sp³-hybridized carbons (Fsp3) is 0.417. The molecule has 0 saturated carbocycles. The zero-order valence-corrected chi connectivity index (χ0v) is 16.4. The molecule has 3 atom stereocenters. The number of nitrogens with zero attached hydrogens (tertiary/aromatic N) is 2. The fourth-order valence-corrected chi connectivity index (χ4v) is 6.27. The molecular formula is C24H25N3O2. The molecule has 0 aromatic heterocycles. The van der Waals surface area contributed by atoms with Crippen molar-refractivity contribution >= 4 is 17.5 Å².